The molecule has 1 aromatic heterocycles. The average Bonchev–Trinajstić information content (AvgIpc) is 2.52. The van der Waals surface area contributed by atoms with Crippen LogP contribution in [0.1, 0.15) is 28.9 Å². The van der Waals surface area contributed by atoms with Crippen molar-refractivity contribution in [3.05, 3.63) is 60.4 Å². The zero-order chi connectivity index (χ0) is 15.2. The molecule has 0 amide bonds. The Balaban J connectivity index is 2.27. The fourth-order valence-electron chi connectivity index (χ4n) is 1.86. The van der Waals surface area contributed by atoms with Gasteiger partial charge < -0.3 is 9.84 Å². The summed E-state index contributed by atoms with van der Waals surface area (Å²) in [6.07, 6.45) is 3.69. The van der Waals surface area contributed by atoms with Crippen molar-refractivity contribution in [1.29, 1.82) is 0 Å². The average molecular weight is 284 g/mol. The maximum atomic E-state index is 11.6. The Morgan fingerprint density at radius 3 is 2.67 bits per heavy atom. The van der Waals surface area contributed by atoms with Crippen molar-refractivity contribution in [3.63, 3.8) is 0 Å². The zero-order valence-electron chi connectivity index (χ0n) is 11.7. The number of carbonyl (C=O) groups is 1. The van der Waals surface area contributed by atoms with Crippen LogP contribution >= 0.6 is 0 Å². The molecule has 5 heteroatoms. The minimum atomic E-state index is -0.623. The number of aliphatic hydroxyl groups excluding tert-OH is 1. The third-order valence-corrected chi connectivity index (χ3v) is 2.87. The highest BCUT2D eigenvalue weighted by atomic mass is 16.5. The number of nitrogens with zero attached hydrogens (tertiary/aromatic N) is 2. The normalized spacial score (nSPS) is 11.7. The summed E-state index contributed by atoms with van der Waals surface area (Å²) in [7, 11) is 0. The lowest BCUT2D eigenvalue weighted by molar-refractivity contribution is 0.0549. The number of aliphatic hydroxyl groups is 1. The van der Waals surface area contributed by atoms with Gasteiger partial charge in [0.05, 0.1) is 11.7 Å². The van der Waals surface area contributed by atoms with Crippen LogP contribution in [0.2, 0.25) is 0 Å². The predicted molar refractivity (Wildman–Crippen MR) is 78.6 cm³/mol. The second-order valence-corrected chi connectivity index (χ2v) is 4.45. The molecule has 1 heterocycles. The molecule has 2 aromatic rings. The molecule has 1 atom stereocenters. The number of carbonyl (C=O) groups excluding carboxylic acids is 1. The molecule has 0 aliphatic carbocycles. The summed E-state index contributed by atoms with van der Waals surface area (Å²) in [5.74, 6) is -0.0444. The largest absolute Gasteiger partial charge is 0.458 e. The molecule has 0 fully saturated rings. The van der Waals surface area contributed by atoms with Crippen molar-refractivity contribution >= 4 is 5.97 Å². The predicted octanol–water partition coefficient (Wildman–Crippen LogP) is 2.54. The number of rotatable bonds is 5. The number of hydrogen-bond acceptors (Lipinski definition) is 5. The minimum Gasteiger partial charge on any atom is -0.458 e. The highest BCUT2D eigenvalue weighted by Gasteiger charge is 2.13. The second kappa shape index (κ2) is 6.76. The quantitative estimate of drug-likeness (QED) is 0.674. The number of benzene rings is 1. The summed E-state index contributed by atoms with van der Waals surface area (Å²) >= 11 is 0. The van der Waals surface area contributed by atoms with Crippen molar-refractivity contribution in [2.45, 2.75) is 13.0 Å². The van der Waals surface area contributed by atoms with Gasteiger partial charge in [-0.05, 0) is 12.5 Å². The fraction of sp³-hybridized carbons (Fsp3) is 0.188. The summed E-state index contributed by atoms with van der Waals surface area (Å²) in [6, 6.07) is 7.33. The lowest BCUT2D eigenvalue weighted by Gasteiger charge is -2.10. The summed E-state index contributed by atoms with van der Waals surface area (Å²) in [6.45, 7) is 5.30. The van der Waals surface area contributed by atoms with E-state index >= 15 is 0 Å². The molecule has 0 saturated heterocycles. The monoisotopic (exact) mass is 284 g/mol. The molecule has 0 bridgehead atoms. The van der Waals surface area contributed by atoms with E-state index in [1.807, 2.05) is 24.3 Å². The Morgan fingerprint density at radius 1 is 1.38 bits per heavy atom. The van der Waals surface area contributed by atoms with Gasteiger partial charge in [-0.3, -0.25) is 0 Å². The Bertz CT molecular complexity index is 636. The van der Waals surface area contributed by atoms with E-state index in [0.717, 1.165) is 11.1 Å². The second-order valence-electron chi connectivity index (χ2n) is 4.45. The first-order valence-electron chi connectivity index (χ1n) is 6.51. The number of esters is 1. The maximum absolute atomic E-state index is 11.6. The highest BCUT2D eigenvalue weighted by Crippen LogP contribution is 2.25. The van der Waals surface area contributed by atoms with Crippen LogP contribution in [0.15, 0.2) is 49.3 Å². The molecule has 1 N–H and O–H groups in total. The van der Waals surface area contributed by atoms with E-state index in [1.54, 1.807) is 6.92 Å². The third-order valence-electron chi connectivity index (χ3n) is 2.87. The van der Waals surface area contributed by atoms with Crippen LogP contribution in [0.4, 0.5) is 0 Å². The van der Waals surface area contributed by atoms with Crippen LogP contribution in [0.5, 0.6) is 0 Å². The lowest BCUT2D eigenvalue weighted by atomic mass is 10.0. The van der Waals surface area contributed by atoms with Gasteiger partial charge in [-0.25, -0.2) is 14.8 Å². The molecule has 0 aliphatic rings. The SMILES string of the molecule is C=CCOC(=O)c1cnc(-c2ccccc2C(C)O)nc1. The molecule has 0 radical (unpaired) electrons. The first-order valence-corrected chi connectivity index (χ1v) is 6.51. The van der Waals surface area contributed by atoms with E-state index < -0.39 is 12.1 Å². The van der Waals surface area contributed by atoms with Gasteiger partial charge in [-0.15, -0.1) is 0 Å². The Morgan fingerprint density at radius 2 is 2.05 bits per heavy atom. The van der Waals surface area contributed by atoms with E-state index in [2.05, 4.69) is 16.5 Å². The number of aromatic nitrogens is 2. The van der Waals surface area contributed by atoms with Gasteiger partial charge in [-0.2, -0.15) is 0 Å². The molecule has 108 valence electrons. The van der Waals surface area contributed by atoms with Gasteiger partial charge in [0.2, 0.25) is 0 Å². The van der Waals surface area contributed by atoms with E-state index in [9.17, 15) is 9.90 Å². The van der Waals surface area contributed by atoms with Crippen LogP contribution in [0.3, 0.4) is 0 Å². The number of hydrogen-bond donors (Lipinski definition) is 1. The van der Waals surface area contributed by atoms with E-state index in [0.29, 0.717) is 5.82 Å². The molecule has 0 aliphatic heterocycles. The van der Waals surface area contributed by atoms with Crippen LogP contribution in [-0.4, -0.2) is 27.7 Å². The van der Waals surface area contributed by atoms with Gasteiger partial charge in [0.1, 0.15) is 6.61 Å². The summed E-state index contributed by atoms with van der Waals surface area (Å²) < 4.78 is 4.91. The van der Waals surface area contributed by atoms with Gasteiger partial charge in [-0.1, -0.05) is 36.9 Å². The van der Waals surface area contributed by atoms with Crippen molar-refractivity contribution in [3.8, 4) is 11.4 Å². The first kappa shape index (κ1) is 14.9. The molecule has 21 heavy (non-hydrogen) atoms. The minimum absolute atomic E-state index is 0.144. The van der Waals surface area contributed by atoms with E-state index in [4.69, 9.17) is 4.74 Å². The molecular weight excluding hydrogens is 268 g/mol. The van der Waals surface area contributed by atoms with Crippen LogP contribution < -0.4 is 0 Å². The van der Waals surface area contributed by atoms with Gasteiger partial charge in [0.15, 0.2) is 5.82 Å². The van der Waals surface area contributed by atoms with Crippen molar-refractivity contribution in [1.82, 2.24) is 9.97 Å². The molecule has 1 aromatic carbocycles. The van der Waals surface area contributed by atoms with Gasteiger partial charge in [0.25, 0.3) is 0 Å². The first-order chi connectivity index (χ1) is 10.1. The summed E-state index contributed by atoms with van der Waals surface area (Å²) in [5, 5.41) is 9.77. The van der Waals surface area contributed by atoms with Crippen LogP contribution in [-0.2, 0) is 4.74 Å². The van der Waals surface area contributed by atoms with E-state index in [1.165, 1.54) is 18.5 Å². The summed E-state index contributed by atoms with van der Waals surface area (Å²) in [4.78, 5) is 20.0. The molecular formula is C16H16N2O3. The van der Waals surface area contributed by atoms with Crippen LogP contribution in [0, 0.1) is 0 Å². The molecule has 0 spiro atoms. The van der Waals surface area contributed by atoms with Crippen LogP contribution in [0.25, 0.3) is 11.4 Å². The van der Waals surface area contributed by atoms with Gasteiger partial charge in [0, 0.05) is 18.0 Å². The maximum Gasteiger partial charge on any atom is 0.341 e. The highest BCUT2D eigenvalue weighted by molar-refractivity contribution is 5.88. The third kappa shape index (κ3) is 3.52. The molecule has 5 nitrogen and oxygen atoms in total. The summed E-state index contributed by atoms with van der Waals surface area (Å²) in [5.41, 5.74) is 1.74. The van der Waals surface area contributed by atoms with Gasteiger partial charge >= 0.3 is 5.97 Å². The van der Waals surface area contributed by atoms with Crippen molar-refractivity contribution in [2.24, 2.45) is 0 Å². The zero-order valence-corrected chi connectivity index (χ0v) is 11.7. The number of ether oxygens (including phenoxy) is 1. The topological polar surface area (TPSA) is 72.3 Å². The van der Waals surface area contributed by atoms with Crippen molar-refractivity contribution in [2.75, 3.05) is 6.61 Å². The molecule has 0 saturated carbocycles. The van der Waals surface area contributed by atoms with Crippen molar-refractivity contribution < 1.29 is 14.6 Å². The molecule has 1 unspecified atom stereocenters. The van der Waals surface area contributed by atoms with E-state index in [-0.39, 0.29) is 12.2 Å². The Labute approximate surface area is 122 Å². The molecule has 2 rings (SSSR count). The Kier molecular flexibility index (Phi) is 4.79. The lowest BCUT2D eigenvalue weighted by Crippen LogP contribution is -2.07. The standard InChI is InChI=1S/C16H16N2O3/c1-3-8-21-16(20)12-9-17-15(18-10-12)14-7-5-4-6-13(14)11(2)19/h3-7,9-11,19H,1,8H2,2H3. The fourth-order valence-corrected chi connectivity index (χ4v) is 1.86. The smallest absolute Gasteiger partial charge is 0.341 e. The Hall–Kier alpha value is -2.53.